The highest BCUT2D eigenvalue weighted by Gasteiger charge is 2.37. The van der Waals surface area contributed by atoms with Crippen LogP contribution >= 0.6 is 0 Å². The van der Waals surface area contributed by atoms with Crippen LogP contribution in [0.3, 0.4) is 0 Å². The van der Waals surface area contributed by atoms with Gasteiger partial charge < -0.3 is 34.8 Å². The number of piperazine rings is 1. The summed E-state index contributed by atoms with van der Waals surface area (Å²) in [4.78, 5) is 35.6. The molecule has 2 unspecified atom stereocenters. The number of rotatable bonds is 8. The maximum Gasteiger partial charge on any atom is 0.323 e. The summed E-state index contributed by atoms with van der Waals surface area (Å²) in [6, 6.07) is 18.6. The van der Waals surface area contributed by atoms with Crippen LogP contribution < -0.4 is 29.9 Å². The van der Waals surface area contributed by atoms with E-state index < -0.39 is 6.03 Å². The maximum atomic E-state index is 13.6. The molecule has 2 atom stereocenters. The molecular formula is C35H42N6O4. The number of fused-ring (bicyclic) bond motifs is 2. The minimum atomic E-state index is -0.392. The van der Waals surface area contributed by atoms with Crippen LogP contribution in [0.5, 0.6) is 11.5 Å². The van der Waals surface area contributed by atoms with Crippen LogP contribution in [-0.4, -0.2) is 95.2 Å². The van der Waals surface area contributed by atoms with Crippen molar-refractivity contribution in [3.8, 4) is 11.5 Å². The van der Waals surface area contributed by atoms with Gasteiger partial charge in [0, 0.05) is 88.1 Å². The van der Waals surface area contributed by atoms with Gasteiger partial charge in [-0.3, -0.25) is 9.69 Å². The molecule has 0 aliphatic carbocycles. The molecule has 3 aromatic rings. The Morgan fingerprint density at radius 2 is 1.69 bits per heavy atom. The molecule has 236 valence electrons. The number of nitrogens with zero attached hydrogens (tertiary/aromatic N) is 4. The number of ether oxygens (including phenoxy) is 2. The number of hydrogen-bond donors (Lipinski definition) is 2. The molecule has 10 heteroatoms. The lowest BCUT2D eigenvalue weighted by Gasteiger charge is -2.35. The molecule has 3 heterocycles. The lowest BCUT2D eigenvalue weighted by Crippen LogP contribution is -2.47. The van der Waals surface area contributed by atoms with Crippen LogP contribution in [0.15, 0.2) is 72.5 Å². The summed E-state index contributed by atoms with van der Waals surface area (Å²) in [6.07, 6.45) is 1.96. The predicted molar refractivity (Wildman–Crippen MR) is 179 cm³/mol. The van der Waals surface area contributed by atoms with Crippen molar-refractivity contribution in [2.24, 2.45) is 0 Å². The largest absolute Gasteiger partial charge is 0.497 e. The number of allylic oxidation sites excluding steroid dienone is 1. The zero-order chi connectivity index (χ0) is 31.7. The number of urea groups is 1. The van der Waals surface area contributed by atoms with Crippen molar-refractivity contribution in [2.75, 3.05) is 88.0 Å². The first-order chi connectivity index (χ1) is 21.7. The Hall–Kier alpha value is -4.54. The summed E-state index contributed by atoms with van der Waals surface area (Å²) in [5, 5.41) is 5.67. The molecule has 3 aromatic carbocycles. The first-order valence-corrected chi connectivity index (χ1v) is 15.5. The predicted octanol–water partition coefficient (Wildman–Crippen LogP) is 5.10. The highest BCUT2D eigenvalue weighted by molar-refractivity contribution is 6.13. The maximum absolute atomic E-state index is 13.6. The van der Waals surface area contributed by atoms with Crippen LogP contribution in [0.25, 0.3) is 0 Å². The van der Waals surface area contributed by atoms with E-state index >= 15 is 0 Å². The van der Waals surface area contributed by atoms with Crippen molar-refractivity contribution >= 4 is 34.6 Å². The number of ketones is 1. The monoisotopic (exact) mass is 610 g/mol. The number of nitrogens with one attached hydrogen (secondary N) is 2. The summed E-state index contributed by atoms with van der Waals surface area (Å²) < 4.78 is 11.7. The topological polar surface area (TPSA) is 89.6 Å². The minimum Gasteiger partial charge on any atom is -0.497 e. The van der Waals surface area contributed by atoms with E-state index in [1.807, 2.05) is 55.4 Å². The Kier molecular flexibility index (Phi) is 8.69. The molecule has 45 heavy (non-hydrogen) atoms. The van der Waals surface area contributed by atoms with Gasteiger partial charge in [-0.05, 0) is 86.3 Å². The lowest BCUT2D eigenvalue weighted by atomic mass is 9.94. The van der Waals surface area contributed by atoms with E-state index in [9.17, 15) is 9.59 Å². The van der Waals surface area contributed by atoms with Crippen molar-refractivity contribution in [2.45, 2.75) is 18.9 Å². The minimum absolute atomic E-state index is 0.0573. The molecule has 0 aromatic heterocycles. The molecule has 3 aliphatic heterocycles. The van der Waals surface area contributed by atoms with Crippen LogP contribution in [0.4, 0.5) is 27.5 Å². The lowest BCUT2D eigenvalue weighted by molar-refractivity contribution is 0.101. The van der Waals surface area contributed by atoms with Gasteiger partial charge in [-0.25, -0.2) is 4.79 Å². The number of benzene rings is 3. The molecule has 2 amide bonds. The summed E-state index contributed by atoms with van der Waals surface area (Å²) in [5.41, 5.74) is 4.93. The fourth-order valence-electron chi connectivity index (χ4n) is 6.32. The number of Topliss-reactive ketones (excluding diaryl/α,β-unsaturated/α-hetero) is 1. The second-order valence-electron chi connectivity index (χ2n) is 12.2. The van der Waals surface area contributed by atoms with Crippen molar-refractivity contribution in [3.05, 3.63) is 83.6 Å². The van der Waals surface area contributed by atoms with E-state index in [1.165, 1.54) is 0 Å². The van der Waals surface area contributed by atoms with Gasteiger partial charge >= 0.3 is 6.03 Å². The van der Waals surface area contributed by atoms with E-state index in [0.717, 1.165) is 62.0 Å². The zero-order valence-electron chi connectivity index (χ0n) is 26.7. The molecule has 0 saturated carbocycles. The van der Waals surface area contributed by atoms with Crippen LogP contribution in [-0.2, 0) is 0 Å². The third kappa shape index (κ3) is 6.48. The Morgan fingerprint density at radius 3 is 2.40 bits per heavy atom. The Morgan fingerprint density at radius 1 is 0.978 bits per heavy atom. The first kappa shape index (κ1) is 30.5. The van der Waals surface area contributed by atoms with Gasteiger partial charge in [0.2, 0.25) is 5.78 Å². The number of amides is 2. The average Bonchev–Trinajstić information content (AvgIpc) is 3.48. The molecule has 2 N–H and O–H groups in total. The van der Waals surface area contributed by atoms with E-state index in [1.54, 1.807) is 25.3 Å². The van der Waals surface area contributed by atoms with Gasteiger partial charge in [0.25, 0.3) is 0 Å². The Balaban J connectivity index is 1.16. The Bertz CT molecular complexity index is 1600. The second-order valence-corrected chi connectivity index (χ2v) is 12.2. The van der Waals surface area contributed by atoms with Gasteiger partial charge in [-0.15, -0.1) is 0 Å². The molecule has 3 aliphatic rings. The van der Waals surface area contributed by atoms with Crippen molar-refractivity contribution in [3.63, 3.8) is 0 Å². The van der Waals surface area contributed by atoms with Gasteiger partial charge in [-0.1, -0.05) is 0 Å². The molecule has 0 radical (unpaired) electrons. The number of likely N-dealkylation sites (N-methyl/N-ethyl adjacent to an activating group) is 1. The van der Waals surface area contributed by atoms with E-state index in [-0.39, 0.29) is 17.7 Å². The highest BCUT2D eigenvalue weighted by atomic mass is 16.5. The standard InChI is InChI=1S/C35H42N6O4/c1-23-28(29-21-27(44-5)11-12-31(29)41(23)19-18-40-16-14-39(4)15-17-40)22-33-34(42)30-20-25(8-13-32(30)45-33)37-35(43)36-24-6-9-26(10-7-24)38(2)3/h6-13,20-23,28H,14-19H2,1-5H3,(H2,36,37,43)/b33-22-. The first-order valence-electron chi connectivity index (χ1n) is 15.5. The number of carbonyl (C=O) groups is 2. The molecular weight excluding hydrogens is 568 g/mol. The smallest absolute Gasteiger partial charge is 0.323 e. The number of anilines is 4. The fourth-order valence-corrected chi connectivity index (χ4v) is 6.32. The Labute approximate surface area is 265 Å². The molecule has 0 bridgehead atoms. The number of carbonyl (C=O) groups excluding carboxylic acids is 2. The fraction of sp³-hybridized carbons (Fsp3) is 0.371. The molecule has 0 spiro atoms. The molecule has 6 rings (SSSR count). The van der Waals surface area contributed by atoms with Gasteiger partial charge in [0.1, 0.15) is 11.5 Å². The van der Waals surface area contributed by atoms with Crippen molar-refractivity contribution in [1.29, 1.82) is 0 Å². The van der Waals surface area contributed by atoms with Crippen molar-refractivity contribution in [1.82, 2.24) is 9.80 Å². The third-order valence-electron chi connectivity index (χ3n) is 9.07. The summed E-state index contributed by atoms with van der Waals surface area (Å²) >= 11 is 0. The van der Waals surface area contributed by atoms with Gasteiger partial charge in [-0.2, -0.15) is 0 Å². The number of methoxy groups -OCH3 is 1. The van der Waals surface area contributed by atoms with E-state index in [2.05, 4.69) is 51.4 Å². The summed E-state index contributed by atoms with van der Waals surface area (Å²) in [6.45, 7) is 8.42. The quantitative estimate of drug-likeness (QED) is 0.341. The average molecular weight is 611 g/mol. The third-order valence-corrected chi connectivity index (χ3v) is 9.07. The second kappa shape index (κ2) is 12.8. The van der Waals surface area contributed by atoms with Crippen molar-refractivity contribution < 1.29 is 19.1 Å². The molecule has 1 fully saturated rings. The van der Waals surface area contributed by atoms with Crippen LogP contribution in [0.1, 0.15) is 28.8 Å². The van der Waals surface area contributed by atoms with E-state index in [0.29, 0.717) is 28.4 Å². The summed E-state index contributed by atoms with van der Waals surface area (Å²) in [5.74, 6) is 1.33. The van der Waals surface area contributed by atoms with Crippen LogP contribution in [0, 0.1) is 0 Å². The molecule has 10 nitrogen and oxygen atoms in total. The normalized spacial score (nSPS) is 20.5. The highest BCUT2D eigenvalue weighted by Crippen LogP contribution is 2.45. The summed E-state index contributed by atoms with van der Waals surface area (Å²) in [7, 11) is 7.77. The SMILES string of the molecule is COc1ccc2c(c1)C(/C=C1\Oc3ccc(NC(=O)Nc4ccc(N(C)C)cc4)cc3C1=O)C(C)N2CCN1CCN(C)CC1. The van der Waals surface area contributed by atoms with E-state index in [4.69, 9.17) is 9.47 Å². The van der Waals surface area contributed by atoms with Gasteiger partial charge in [0.15, 0.2) is 5.76 Å². The molecule has 1 saturated heterocycles. The van der Waals surface area contributed by atoms with Gasteiger partial charge in [0.05, 0.1) is 12.7 Å². The zero-order valence-corrected chi connectivity index (χ0v) is 26.7. The van der Waals surface area contributed by atoms with Crippen LogP contribution in [0.2, 0.25) is 0 Å². The number of hydrogen-bond acceptors (Lipinski definition) is 8.